The Balaban J connectivity index is 1.70. The summed E-state index contributed by atoms with van der Waals surface area (Å²) >= 11 is 0. The highest BCUT2D eigenvalue weighted by molar-refractivity contribution is 5.99. The Morgan fingerprint density at radius 3 is 2.16 bits per heavy atom. The number of hydrogen-bond acceptors (Lipinski definition) is 2. The summed E-state index contributed by atoms with van der Waals surface area (Å²) in [6.45, 7) is 2.54. The largest absolute Gasteiger partial charge is 0.488 e. The Kier molecular flexibility index (Phi) is 5.63. The van der Waals surface area contributed by atoms with Crippen molar-refractivity contribution in [2.24, 2.45) is 0 Å². The Morgan fingerprint density at radius 1 is 0.840 bits per heavy atom. The van der Waals surface area contributed by atoms with Crippen molar-refractivity contribution in [3.63, 3.8) is 0 Å². The molecule has 0 aromatic heterocycles. The molecule has 0 saturated heterocycles. The van der Waals surface area contributed by atoms with Crippen molar-refractivity contribution in [3.05, 3.63) is 102 Å². The molecule has 1 unspecified atom stereocenters. The van der Waals surface area contributed by atoms with Crippen LogP contribution in [0.25, 0.3) is 0 Å². The predicted octanol–water partition coefficient (Wildman–Crippen LogP) is 5.64. The molecular formula is C23H22O2. The van der Waals surface area contributed by atoms with Gasteiger partial charge in [0.05, 0.1) is 5.56 Å². The van der Waals surface area contributed by atoms with E-state index in [1.165, 1.54) is 5.56 Å². The smallest absolute Gasteiger partial charge is 0.167 e. The Morgan fingerprint density at radius 2 is 1.44 bits per heavy atom. The molecule has 25 heavy (non-hydrogen) atoms. The molecule has 1 atom stereocenters. The second-order valence-corrected chi connectivity index (χ2v) is 6.21. The van der Waals surface area contributed by atoms with Crippen molar-refractivity contribution in [2.45, 2.75) is 25.9 Å². The molecule has 0 heterocycles. The van der Waals surface area contributed by atoms with E-state index in [0.717, 1.165) is 5.56 Å². The van der Waals surface area contributed by atoms with Crippen LogP contribution in [-0.2, 0) is 6.61 Å². The SMILES string of the molecule is CC(CC(=O)c1ccccc1OCc1ccccc1)c1ccccc1. The third-order valence-corrected chi connectivity index (χ3v) is 4.28. The normalized spacial score (nSPS) is 11.7. The maximum absolute atomic E-state index is 12.8. The summed E-state index contributed by atoms with van der Waals surface area (Å²) in [5.41, 5.74) is 2.92. The molecule has 126 valence electrons. The van der Waals surface area contributed by atoms with E-state index in [4.69, 9.17) is 4.74 Å². The zero-order chi connectivity index (χ0) is 17.5. The minimum atomic E-state index is 0.111. The van der Waals surface area contributed by atoms with Crippen molar-refractivity contribution < 1.29 is 9.53 Å². The fraction of sp³-hybridized carbons (Fsp3) is 0.174. The van der Waals surface area contributed by atoms with Crippen molar-refractivity contribution in [2.75, 3.05) is 0 Å². The molecule has 0 saturated carbocycles. The lowest BCUT2D eigenvalue weighted by atomic mass is 9.93. The maximum Gasteiger partial charge on any atom is 0.167 e. The standard InChI is InChI=1S/C23H22O2/c1-18(20-12-6-3-7-13-20)16-22(24)21-14-8-9-15-23(21)25-17-19-10-4-2-5-11-19/h2-15,18H,16-17H2,1H3. The molecule has 0 fully saturated rings. The second kappa shape index (κ2) is 8.29. The summed E-state index contributed by atoms with van der Waals surface area (Å²) < 4.78 is 5.91. The van der Waals surface area contributed by atoms with E-state index in [2.05, 4.69) is 19.1 Å². The zero-order valence-electron chi connectivity index (χ0n) is 14.4. The van der Waals surface area contributed by atoms with Crippen LogP contribution in [0.2, 0.25) is 0 Å². The molecule has 0 spiro atoms. The van der Waals surface area contributed by atoms with Gasteiger partial charge in [0.15, 0.2) is 5.78 Å². The fourth-order valence-electron chi connectivity index (χ4n) is 2.85. The number of ketones is 1. The highest BCUT2D eigenvalue weighted by Crippen LogP contribution is 2.26. The van der Waals surface area contributed by atoms with Crippen LogP contribution in [0.5, 0.6) is 5.75 Å². The lowest BCUT2D eigenvalue weighted by Gasteiger charge is -2.14. The average molecular weight is 330 g/mol. The predicted molar refractivity (Wildman–Crippen MR) is 101 cm³/mol. The number of rotatable bonds is 7. The van der Waals surface area contributed by atoms with Crippen molar-refractivity contribution in [1.82, 2.24) is 0 Å². The summed E-state index contributed by atoms with van der Waals surface area (Å²) in [6, 6.07) is 27.6. The summed E-state index contributed by atoms with van der Waals surface area (Å²) in [5.74, 6) is 0.938. The first-order chi connectivity index (χ1) is 12.2. The van der Waals surface area contributed by atoms with Gasteiger partial charge in [0.2, 0.25) is 0 Å². The molecule has 0 radical (unpaired) electrons. The fourth-order valence-corrected chi connectivity index (χ4v) is 2.85. The molecule has 0 amide bonds. The number of carbonyl (C=O) groups excluding carboxylic acids is 1. The first kappa shape index (κ1) is 17.0. The van der Waals surface area contributed by atoms with Crippen LogP contribution >= 0.6 is 0 Å². The topological polar surface area (TPSA) is 26.3 Å². The first-order valence-electron chi connectivity index (χ1n) is 8.58. The summed E-state index contributed by atoms with van der Waals surface area (Å²) in [5, 5.41) is 0. The lowest BCUT2D eigenvalue weighted by molar-refractivity contribution is 0.0971. The van der Waals surface area contributed by atoms with Crippen LogP contribution in [-0.4, -0.2) is 5.78 Å². The highest BCUT2D eigenvalue weighted by atomic mass is 16.5. The third-order valence-electron chi connectivity index (χ3n) is 4.28. The third kappa shape index (κ3) is 4.57. The van der Waals surface area contributed by atoms with E-state index in [1.807, 2.05) is 72.8 Å². The molecule has 3 aromatic rings. The molecule has 0 aliphatic carbocycles. The number of carbonyl (C=O) groups is 1. The molecule has 0 bridgehead atoms. The van der Waals surface area contributed by atoms with Gasteiger partial charge >= 0.3 is 0 Å². The van der Waals surface area contributed by atoms with Crippen LogP contribution in [0.3, 0.4) is 0 Å². The number of benzene rings is 3. The molecule has 0 aliphatic heterocycles. The van der Waals surface area contributed by atoms with E-state index in [9.17, 15) is 4.79 Å². The lowest BCUT2D eigenvalue weighted by Crippen LogP contribution is -2.08. The van der Waals surface area contributed by atoms with Gasteiger partial charge in [0.1, 0.15) is 12.4 Å². The van der Waals surface area contributed by atoms with Gasteiger partial charge in [-0.15, -0.1) is 0 Å². The van der Waals surface area contributed by atoms with Crippen LogP contribution in [0.4, 0.5) is 0 Å². The number of hydrogen-bond donors (Lipinski definition) is 0. The molecule has 0 N–H and O–H groups in total. The zero-order valence-corrected chi connectivity index (χ0v) is 14.4. The van der Waals surface area contributed by atoms with Gasteiger partial charge in [0.25, 0.3) is 0 Å². The van der Waals surface area contributed by atoms with E-state index in [0.29, 0.717) is 24.3 Å². The quantitative estimate of drug-likeness (QED) is 0.524. The minimum Gasteiger partial charge on any atom is -0.488 e. The van der Waals surface area contributed by atoms with Gasteiger partial charge in [-0.3, -0.25) is 4.79 Å². The van der Waals surface area contributed by atoms with E-state index >= 15 is 0 Å². The Hall–Kier alpha value is -2.87. The number of Topliss-reactive ketones (excluding diaryl/α,β-unsaturated/α-hetero) is 1. The van der Waals surface area contributed by atoms with Crippen LogP contribution < -0.4 is 4.74 Å². The maximum atomic E-state index is 12.8. The van der Waals surface area contributed by atoms with E-state index in [-0.39, 0.29) is 11.7 Å². The molecule has 2 nitrogen and oxygen atoms in total. The molecular weight excluding hydrogens is 308 g/mol. The molecule has 3 rings (SSSR count). The summed E-state index contributed by atoms with van der Waals surface area (Å²) in [4.78, 5) is 12.8. The van der Waals surface area contributed by atoms with Crippen molar-refractivity contribution in [3.8, 4) is 5.75 Å². The van der Waals surface area contributed by atoms with Gasteiger partial charge in [-0.1, -0.05) is 79.7 Å². The van der Waals surface area contributed by atoms with E-state index < -0.39 is 0 Å². The van der Waals surface area contributed by atoms with Gasteiger partial charge in [-0.2, -0.15) is 0 Å². The average Bonchev–Trinajstić information content (AvgIpc) is 2.68. The summed E-state index contributed by atoms with van der Waals surface area (Å²) in [7, 11) is 0. The van der Waals surface area contributed by atoms with Gasteiger partial charge in [0, 0.05) is 6.42 Å². The molecule has 2 heteroatoms. The van der Waals surface area contributed by atoms with E-state index in [1.54, 1.807) is 0 Å². The van der Waals surface area contributed by atoms with Crippen LogP contribution in [0, 0.1) is 0 Å². The van der Waals surface area contributed by atoms with Crippen LogP contribution in [0.15, 0.2) is 84.9 Å². The van der Waals surface area contributed by atoms with Crippen molar-refractivity contribution in [1.29, 1.82) is 0 Å². The van der Waals surface area contributed by atoms with Crippen LogP contribution in [0.1, 0.15) is 40.7 Å². The number of ether oxygens (including phenoxy) is 1. The molecule has 3 aromatic carbocycles. The monoisotopic (exact) mass is 330 g/mol. The highest BCUT2D eigenvalue weighted by Gasteiger charge is 2.16. The summed E-state index contributed by atoms with van der Waals surface area (Å²) in [6.07, 6.45) is 0.468. The van der Waals surface area contributed by atoms with Crippen molar-refractivity contribution >= 4 is 5.78 Å². The number of para-hydroxylation sites is 1. The van der Waals surface area contributed by atoms with Gasteiger partial charge in [-0.05, 0) is 29.2 Å². The van der Waals surface area contributed by atoms with Gasteiger partial charge < -0.3 is 4.74 Å². The second-order valence-electron chi connectivity index (χ2n) is 6.21. The Bertz CT molecular complexity index is 810. The Labute approximate surface area is 149 Å². The molecule has 0 aliphatic rings. The van der Waals surface area contributed by atoms with Gasteiger partial charge in [-0.25, -0.2) is 0 Å². The first-order valence-corrected chi connectivity index (χ1v) is 8.58. The minimum absolute atomic E-state index is 0.111.